The first-order valence-corrected chi connectivity index (χ1v) is 11.5. The number of carbonyl (C=O) groups excluding carboxylic acids is 1. The lowest BCUT2D eigenvalue weighted by Gasteiger charge is -2.13. The molecule has 4 aromatic rings. The number of rotatable bonds is 6. The van der Waals surface area contributed by atoms with Crippen molar-refractivity contribution in [2.24, 2.45) is 5.10 Å². The van der Waals surface area contributed by atoms with Gasteiger partial charge in [-0.1, -0.05) is 47.6 Å². The first-order chi connectivity index (χ1) is 16.7. The van der Waals surface area contributed by atoms with Gasteiger partial charge in [0.25, 0.3) is 11.5 Å². The Balaban J connectivity index is 1.50. The van der Waals surface area contributed by atoms with E-state index in [2.05, 4.69) is 15.5 Å². The summed E-state index contributed by atoms with van der Waals surface area (Å²) in [6.07, 6.45) is -3.19. The van der Waals surface area contributed by atoms with Crippen LogP contribution >= 0.6 is 23.4 Å². The molecule has 0 unspecified atom stereocenters. The van der Waals surface area contributed by atoms with Gasteiger partial charge in [0, 0.05) is 5.02 Å². The highest BCUT2D eigenvalue weighted by atomic mass is 35.5. The van der Waals surface area contributed by atoms with Crippen molar-refractivity contribution >= 4 is 46.4 Å². The maximum absolute atomic E-state index is 13.2. The van der Waals surface area contributed by atoms with Gasteiger partial charge < -0.3 is 0 Å². The van der Waals surface area contributed by atoms with Crippen molar-refractivity contribution < 1.29 is 18.0 Å². The van der Waals surface area contributed by atoms with E-state index < -0.39 is 17.6 Å². The third-order valence-corrected chi connectivity index (χ3v) is 5.99. The molecule has 0 aliphatic heterocycles. The molecule has 0 aliphatic carbocycles. The maximum atomic E-state index is 13.2. The van der Waals surface area contributed by atoms with E-state index in [4.69, 9.17) is 11.6 Å². The number of benzene rings is 3. The zero-order chi connectivity index (χ0) is 25.0. The summed E-state index contributed by atoms with van der Waals surface area (Å²) in [5, 5.41) is 5.02. The molecular formula is C24H16ClF3N4O2S. The molecule has 0 bridgehead atoms. The number of hydrogen-bond donors (Lipinski definition) is 1. The van der Waals surface area contributed by atoms with Gasteiger partial charge in [0.15, 0.2) is 5.16 Å². The average molecular weight is 517 g/mol. The van der Waals surface area contributed by atoms with Crippen LogP contribution in [0.5, 0.6) is 0 Å². The van der Waals surface area contributed by atoms with Gasteiger partial charge in [-0.3, -0.25) is 14.2 Å². The minimum Gasteiger partial charge on any atom is -0.272 e. The molecule has 1 amide bonds. The van der Waals surface area contributed by atoms with Crippen LogP contribution in [0.2, 0.25) is 5.02 Å². The summed E-state index contributed by atoms with van der Waals surface area (Å²) in [5.74, 6) is -0.592. The fraction of sp³-hybridized carbons (Fsp3) is 0.0833. The molecule has 1 aromatic heterocycles. The SMILES string of the molecule is O=C(CSc1nc2ccccc2c(=O)n1-c1ccc(Cl)cc1)N/N=C\c1ccc(C(F)(F)F)cc1. The number of hydrazone groups is 1. The highest BCUT2D eigenvalue weighted by Gasteiger charge is 2.29. The van der Waals surface area contributed by atoms with Gasteiger partial charge in [0.2, 0.25) is 0 Å². The lowest BCUT2D eigenvalue weighted by atomic mass is 10.1. The van der Waals surface area contributed by atoms with Gasteiger partial charge in [0.05, 0.1) is 34.1 Å². The summed E-state index contributed by atoms with van der Waals surface area (Å²) in [5.41, 5.74) is 2.68. The molecule has 11 heteroatoms. The van der Waals surface area contributed by atoms with E-state index in [0.717, 1.165) is 23.9 Å². The van der Waals surface area contributed by atoms with Crippen LogP contribution in [0.3, 0.4) is 0 Å². The predicted molar refractivity (Wildman–Crippen MR) is 130 cm³/mol. The van der Waals surface area contributed by atoms with Crippen LogP contribution in [0.25, 0.3) is 16.6 Å². The van der Waals surface area contributed by atoms with Gasteiger partial charge in [-0.15, -0.1) is 0 Å². The second kappa shape index (κ2) is 10.3. The van der Waals surface area contributed by atoms with E-state index in [0.29, 0.717) is 32.3 Å². The molecule has 1 heterocycles. The Hall–Kier alpha value is -3.63. The van der Waals surface area contributed by atoms with E-state index in [1.165, 1.54) is 22.9 Å². The smallest absolute Gasteiger partial charge is 0.272 e. The Labute approximate surface area is 206 Å². The molecule has 0 aliphatic rings. The van der Waals surface area contributed by atoms with Crippen LogP contribution < -0.4 is 11.0 Å². The lowest BCUT2D eigenvalue weighted by Crippen LogP contribution is -2.24. The third kappa shape index (κ3) is 5.90. The summed E-state index contributed by atoms with van der Waals surface area (Å²) in [7, 11) is 0. The minimum atomic E-state index is -4.43. The Kier molecular flexibility index (Phi) is 7.23. The number of carbonyl (C=O) groups is 1. The van der Waals surface area contributed by atoms with Crippen LogP contribution in [-0.4, -0.2) is 27.4 Å². The van der Waals surface area contributed by atoms with Crippen molar-refractivity contribution in [3.8, 4) is 5.69 Å². The molecule has 0 radical (unpaired) electrons. The van der Waals surface area contributed by atoms with Crippen molar-refractivity contribution in [2.75, 3.05) is 5.75 Å². The Morgan fingerprint density at radius 2 is 1.74 bits per heavy atom. The predicted octanol–water partition coefficient (Wildman–Crippen LogP) is 5.30. The fourth-order valence-corrected chi connectivity index (χ4v) is 4.06. The van der Waals surface area contributed by atoms with Crippen molar-refractivity contribution in [2.45, 2.75) is 11.3 Å². The number of fused-ring (bicyclic) bond motifs is 1. The van der Waals surface area contributed by atoms with E-state index >= 15 is 0 Å². The topological polar surface area (TPSA) is 76.3 Å². The summed E-state index contributed by atoms with van der Waals surface area (Å²) < 4.78 is 39.3. The average Bonchev–Trinajstić information content (AvgIpc) is 2.83. The normalized spacial score (nSPS) is 11.8. The summed E-state index contributed by atoms with van der Waals surface area (Å²) in [6.45, 7) is 0. The van der Waals surface area contributed by atoms with E-state index in [1.54, 1.807) is 48.5 Å². The number of amides is 1. The van der Waals surface area contributed by atoms with Gasteiger partial charge in [-0.2, -0.15) is 18.3 Å². The highest BCUT2D eigenvalue weighted by Crippen LogP contribution is 2.29. The second-order valence-electron chi connectivity index (χ2n) is 7.23. The highest BCUT2D eigenvalue weighted by molar-refractivity contribution is 7.99. The first kappa shape index (κ1) is 24.5. The van der Waals surface area contributed by atoms with Crippen molar-refractivity contribution in [1.29, 1.82) is 0 Å². The number of thioether (sulfide) groups is 1. The lowest BCUT2D eigenvalue weighted by molar-refractivity contribution is -0.137. The summed E-state index contributed by atoms with van der Waals surface area (Å²) >= 11 is 7.01. The molecule has 35 heavy (non-hydrogen) atoms. The molecule has 3 aromatic carbocycles. The largest absolute Gasteiger partial charge is 0.416 e. The minimum absolute atomic E-state index is 0.108. The maximum Gasteiger partial charge on any atom is 0.416 e. The summed E-state index contributed by atoms with van der Waals surface area (Å²) in [6, 6.07) is 17.9. The van der Waals surface area contributed by atoms with Crippen molar-refractivity contribution in [3.05, 3.63) is 99.3 Å². The van der Waals surface area contributed by atoms with E-state index in [1.807, 2.05) is 0 Å². The van der Waals surface area contributed by atoms with E-state index in [-0.39, 0.29) is 11.3 Å². The molecular weight excluding hydrogens is 501 g/mol. The monoisotopic (exact) mass is 516 g/mol. The van der Waals surface area contributed by atoms with Crippen molar-refractivity contribution in [3.63, 3.8) is 0 Å². The van der Waals surface area contributed by atoms with Gasteiger partial charge in [-0.05, 0) is 54.1 Å². The molecule has 0 fully saturated rings. The van der Waals surface area contributed by atoms with Crippen LogP contribution in [0.1, 0.15) is 11.1 Å². The molecule has 0 spiro atoms. The molecule has 1 N–H and O–H groups in total. The third-order valence-electron chi connectivity index (χ3n) is 4.80. The summed E-state index contributed by atoms with van der Waals surface area (Å²) in [4.78, 5) is 30.0. The molecule has 4 rings (SSSR count). The van der Waals surface area contributed by atoms with Crippen molar-refractivity contribution in [1.82, 2.24) is 15.0 Å². The first-order valence-electron chi connectivity index (χ1n) is 10.1. The number of para-hydroxylation sites is 1. The number of nitrogens with one attached hydrogen (secondary N) is 1. The number of nitrogens with zero attached hydrogens (tertiary/aromatic N) is 3. The van der Waals surface area contributed by atoms with Gasteiger partial charge in [-0.25, -0.2) is 10.4 Å². The molecule has 6 nitrogen and oxygen atoms in total. The molecule has 178 valence electrons. The Morgan fingerprint density at radius 1 is 1.06 bits per heavy atom. The quantitative estimate of drug-likeness (QED) is 0.163. The van der Waals surface area contributed by atoms with Crippen LogP contribution in [-0.2, 0) is 11.0 Å². The van der Waals surface area contributed by atoms with Crippen LogP contribution in [0.4, 0.5) is 13.2 Å². The molecule has 0 atom stereocenters. The Bertz CT molecular complexity index is 1450. The Morgan fingerprint density at radius 3 is 2.43 bits per heavy atom. The van der Waals surface area contributed by atoms with Gasteiger partial charge >= 0.3 is 6.18 Å². The zero-order valence-corrected chi connectivity index (χ0v) is 19.4. The number of alkyl halides is 3. The molecule has 0 saturated carbocycles. The zero-order valence-electron chi connectivity index (χ0n) is 17.8. The van der Waals surface area contributed by atoms with E-state index in [9.17, 15) is 22.8 Å². The number of hydrogen-bond acceptors (Lipinski definition) is 5. The van der Waals surface area contributed by atoms with Crippen LogP contribution in [0.15, 0.2) is 87.8 Å². The molecule has 0 saturated heterocycles. The second-order valence-corrected chi connectivity index (χ2v) is 8.61. The van der Waals surface area contributed by atoms with Gasteiger partial charge in [0.1, 0.15) is 0 Å². The van der Waals surface area contributed by atoms with Crippen LogP contribution in [0, 0.1) is 0 Å². The number of halogens is 4. The number of aromatic nitrogens is 2. The fourth-order valence-electron chi connectivity index (χ4n) is 3.13. The standard InChI is InChI=1S/C24H16ClF3N4O2S/c25-17-9-11-18(12-10-17)32-22(34)19-3-1-2-4-20(19)30-23(32)35-14-21(33)31-29-13-15-5-7-16(8-6-15)24(26,27)28/h1-13H,14H2,(H,31,33)/b29-13-.